The molecule has 0 saturated heterocycles. The molecule has 1 aromatic rings. The minimum atomic E-state index is -1.33. The summed E-state index contributed by atoms with van der Waals surface area (Å²) in [5, 5.41) is 26.0. The van der Waals surface area contributed by atoms with Gasteiger partial charge in [0.15, 0.2) is 5.96 Å². The third-order valence-electron chi connectivity index (χ3n) is 4.20. The summed E-state index contributed by atoms with van der Waals surface area (Å²) in [6.45, 7) is 1.000. The highest BCUT2D eigenvalue weighted by atomic mass is 16.5. The van der Waals surface area contributed by atoms with Gasteiger partial charge in [0, 0.05) is 6.54 Å². The van der Waals surface area contributed by atoms with E-state index in [1.807, 2.05) is 6.07 Å². The number of guanidine groups is 1. The normalized spacial score (nSPS) is 13.1. The minimum Gasteiger partial charge on any atom is -0.445 e. The molecule has 3 amide bonds. The van der Waals surface area contributed by atoms with Gasteiger partial charge in [-0.2, -0.15) is 0 Å². The number of ether oxygens (including phenoxy) is 1. The summed E-state index contributed by atoms with van der Waals surface area (Å²) < 4.78 is 5.00. The highest BCUT2D eigenvalue weighted by Gasteiger charge is 2.25. The lowest BCUT2D eigenvalue weighted by atomic mass is 10.1. The third kappa shape index (κ3) is 10.4. The Labute approximate surface area is 185 Å². The van der Waals surface area contributed by atoms with E-state index in [0.717, 1.165) is 5.56 Å². The van der Waals surface area contributed by atoms with E-state index < -0.39 is 42.6 Å². The number of nitrogens with two attached hydrogens (primary N) is 1. The van der Waals surface area contributed by atoms with Gasteiger partial charge in [0.1, 0.15) is 18.7 Å². The van der Waals surface area contributed by atoms with Gasteiger partial charge in [0.05, 0.1) is 12.6 Å². The lowest BCUT2D eigenvalue weighted by molar-refractivity contribution is -0.130. The van der Waals surface area contributed by atoms with Crippen LogP contribution in [0.4, 0.5) is 4.79 Å². The fourth-order valence-electron chi connectivity index (χ4n) is 2.47. The fraction of sp³-hybridized carbons (Fsp3) is 0.450. The zero-order chi connectivity index (χ0) is 23.9. The molecule has 3 atom stereocenters. The highest BCUT2D eigenvalue weighted by Crippen LogP contribution is 2.01. The van der Waals surface area contributed by atoms with E-state index in [-0.39, 0.29) is 19.0 Å². The van der Waals surface area contributed by atoms with Crippen LogP contribution < -0.4 is 27.0 Å². The van der Waals surface area contributed by atoms with Crippen LogP contribution in [0.15, 0.2) is 30.3 Å². The van der Waals surface area contributed by atoms with Gasteiger partial charge in [-0.3, -0.25) is 19.8 Å². The third-order valence-corrected chi connectivity index (χ3v) is 4.20. The van der Waals surface area contributed by atoms with Gasteiger partial charge in [-0.15, -0.1) is 0 Å². The molecule has 0 aromatic heterocycles. The summed E-state index contributed by atoms with van der Waals surface area (Å²) in [6, 6.07) is 5.60. The van der Waals surface area contributed by atoms with Gasteiger partial charge in [0.25, 0.3) is 0 Å². The first-order chi connectivity index (χ1) is 15.3. The number of nitrogens with one attached hydrogen (secondary N) is 5. The lowest BCUT2D eigenvalue weighted by Crippen LogP contribution is -2.55. The molecule has 0 spiro atoms. The molecular weight excluding hydrogens is 420 g/mol. The molecule has 0 aliphatic rings. The van der Waals surface area contributed by atoms with Crippen molar-refractivity contribution in [1.82, 2.24) is 21.3 Å². The first-order valence-electron chi connectivity index (χ1n) is 9.91. The predicted octanol–water partition coefficient (Wildman–Crippen LogP) is -1.36. The van der Waals surface area contributed by atoms with Gasteiger partial charge in [-0.1, -0.05) is 30.3 Å². The van der Waals surface area contributed by atoms with Crippen LogP contribution in [0.1, 0.15) is 25.3 Å². The Hall–Kier alpha value is -3.67. The van der Waals surface area contributed by atoms with Crippen LogP contribution in [-0.2, 0) is 25.7 Å². The van der Waals surface area contributed by atoms with E-state index in [1.165, 1.54) is 6.92 Å². The molecule has 1 aromatic carbocycles. The van der Waals surface area contributed by atoms with E-state index in [9.17, 15) is 24.3 Å². The monoisotopic (exact) mass is 449 g/mol. The number of carbonyl (C=O) groups is 3. The zero-order valence-electron chi connectivity index (χ0n) is 17.7. The van der Waals surface area contributed by atoms with E-state index in [4.69, 9.17) is 15.9 Å². The van der Waals surface area contributed by atoms with Gasteiger partial charge >= 0.3 is 6.09 Å². The number of hydrogen-bond acceptors (Lipinski definition) is 7. The first kappa shape index (κ1) is 26.4. The summed E-state index contributed by atoms with van der Waals surface area (Å²) >= 11 is 0. The van der Waals surface area contributed by atoms with Crippen LogP contribution in [0.5, 0.6) is 0 Å². The van der Waals surface area contributed by atoms with Crippen molar-refractivity contribution in [1.29, 1.82) is 5.41 Å². The van der Waals surface area contributed by atoms with Crippen molar-refractivity contribution in [3.8, 4) is 0 Å². The topological polar surface area (TPSA) is 196 Å². The Kier molecular flexibility index (Phi) is 11.8. The van der Waals surface area contributed by atoms with Crippen molar-refractivity contribution in [2.75, 3.05) is 13.2 Å². The Morgan fingerprint density at radius 2 is 1.84 bits per heavy atom. The van der Waals surface area contributed by atoms with Crippen LogP contribution in [-0.4, -0.2) is 66.5 Å². The molecule has 0 bridgehead atoms. The molecule has 0 heterocycles. The van der Waals surface area contributed by atoms with E-state index >= 15 is 0 Å². The molecule has 0 aliphatic heterocycles. The average molecular weight is 449 g/mol. The number of aliphatic hydroxyl groups excluding tert-OH is 1. The second-order valence-corrected chi connectivity index (χ2v) is 6.83. The minimum absolute atomic E-state index is 0.0171. The second-order valence-electron chi connectivity index (χ2n) is 6.83. The van der Waals surface area contributed by atoms with Crippen molar-refractivity contribution in [2.45, 2.75) is 44.5 Å². The second kappa shape index (κ2) is 14.4. The smallest absolute Gasteiger partial charge is 0.408 e. The summed E-state index contributed by atoms with van der Waals surface area (Å²) in [7, 11) is 0. The predicted molar refractivity (Wildman–Crippen MR) is 115 cm³/mol. The van der Waals surface area contributed by atoms with Crippen LogP contribution in [0.3, 0.4) is 0 Å². The molecule has 0 unspecified atom stereocenters. The van der Waals surface area contributed by atoms with Crippen molar-refractivity contribution in [3.63, 3.8) is 0 Å². The number of rotatable bonds is 13. The Morgan fingerprint density at radius 3 is 2.44 bits per heavy atom. The molecule has 175 valence electrons. The van der Waals surface area contributed by atoms with Gasteiger partial charge in [-0.05, 0) is 25.3 Å². The van der Waals surface area contributed by atoms with Crippen LogP contribution >= 0.6 is 0 Å². The van der Waals surface area contributed by atoms with Gasteiger partial charge in [-0.25, -0.2) is 4.79 Å². The van der Waals surface area contributed by atoms with E-state index in [0.29, 0.717) is 13.0 Å². The Bertz CT molecular complexity index is 775. The van der Waals surface area contributed by atoms with Crippen LogP contribution in [0, 0.1) is 5.41 Å². The zero-order valence-corrected chi connectivity index (χ0v) is 17.7. The summed E-state index contributed by atoms with van der Waals surface area (Å²) in [5.74, 6) is -1.65. The average Bonchev–Trinajstić information content (AvgIpc) is 2.78. The number of hydrogen-bond donors (Lipinski definition) is 7. The first-order valence-corrected chi connectivity index (χ1v) is 9.91. The van der Waals surface area contributed by atoms with Crippen molar-refractivity contribution in [2.24, 2.45) is 5.73 Å². The number of aliphatic hydroxyl groups is 1. The van der Waals surface area contributed by atoms with E-state index in [2.05, 4.69) is 21.3 Å². The molecular formula is C20H29N6O6. The molecule has 0 aliphatic carbocycles. The molecule has 32 heavy (non-hydrogen) atoms. The number of carbonyl (C=O) groups excluding carboxylic acids is 4. The standard InChI is InChI=1S/C20H29N6O6/c1-13(17(29)25-15(10-27)8-5-9-23-19(21)22)24-18(30)16(11-28)26-20(31)32-12-14-6-3-2-4-7-14/h2-4,6-7,13,15-16,28H,5,8-9,11-12H2,1H3,(H,24,30)(H,25,29)(H,26,31)(H4,21,22,23)/t13-,15-,16-/m0/s1. The summed E-state index contributed by atoms with van der Waals surface area (Å²) in [4.78, 5) is 47.5. The summed E-state index contributed by atoms with van der Waals surface area (Å²) in [5.41, 5.74) is 5.90. The maximum atomic E-state index is 12.3. The molecule has 1 rings (SSSR count). The van der Waals surface area contributed by atoms with Crippen molar-refractivity contribution >= 4 is 30.2 Å². The molecule has 0 saturated carbocycles. The molecule has 0 fully saturated rings. The van der Waals surface area contributed by atoms with Crippen molar-refractivity contribution in [3.05, 3.63) is 35.9 Å². The number of amides is 3. The fourth-order valence-corrected chi connectivity index (χ4v) is 2.47. The largest absolute Gasteiger partial charge is 0.445 e. The molecule has 12 heteroatoms. The highest BCUT2D eigenvalue weighted by molar-refractivity contribution is 5.91. The maximum absolute atomic E-state index is 12.3. The molecule has 8 N–H and O–H groups in total. The maximum Gasteiger partial charge on any atom is 0.408 e. The number of alkyl carbamates (subject to hydrolysis) is 1. The molecule has 12 nitrogen and oxygen atoms in total. The molecule has 1 radical (unpaired) electrons. The van der Waals surface area contributed by atoms with Crippen LogP contribution in [0.2, 0.25) is 0 Å². The Balaban J connectivity index is 2.45. The van der Waals surface area contributed by atoms with Gasteiger partial charge in [0.2, 0.25) is 18.1 Å². The number of benzene rings is 1. The Morgan fingerprint density at radius 1 is 1.16 bits per heavy atom. The summed E-state index contributed by atoms with van der Waals surface area (Å²) in [6.07, 6.45) is 1.49. The SMILES string of the molecule is C[C@H](NC(=O)[C@H](CO)NC(=O)OCc1ccccc1)C(=O)N[C@H]([C]=O)CCCNC(=N)N. The van der Waals surface area contributed by atoms with E-state index in [1.54, 1.807) is 30.6 Å². The lowest BCUT2D eigenvalue weighted by Gasteiger charge is -2.21. The van der Waals surface area contributed by atoms with Crippen molar-refractivity contribution < 1.29 is 29.0 Å². The van der Waals surface area contributed by atoms with Gasteiger partial charge < -0.3 is 36.8 Å². The van der Waals surface area contributed by atoms with Crippen LogP contribution in [0.25, 0.3) is 0 Å². The quantitative estimate of drug-likeness (QED) is 0.109.